The van der Waals surface area contributed by atoms with Crippen LogP contribution in [0.5, 0.6) is 0 Å². The molecule has 0 saturated carbocycles. The summed E-state index contributed by atoms with van der Waals surface area (Å²) in [5.41, 5.74) is 3.88. The van der Waals surface area contributed by atoms with Crippen molar-refractivity contribution in [3.05, 3.63) is 72.6 Å². The highest BCUT2D eigenvalue weighted by molar-refractivity contribution is 7.18. The molecule has 1 aliphatic heterocycles. The van der Waals surface area contributed by atoms with Crippen LogP contribution in [0.4, 0.5) is 5.69 Å². The molecule has 6 heteroatoms. The van der Waals surface area contributed by atoms with E-state index in [1.54, 1.807) is 23.7 Å². The van der Waals surface area contributed by atoms with Gasteiger partial charge in [-0.2, -0.15) is 5.26 Å². The summed E-state index contributed by atoms with van der Waals surface area (Å²) in [6.45, 7) is 5.68. The SMILES string of the molecule is N#Cc1cnccc1-c1ccc(-c2ccc3cc(NCCN4CCOCC4)ccc3c2)s1. The molecule has 0 unspecified atom stereocenters. The molecule has 1 aliphatic rings. The number of nitrogens with one attached hydrogen (secondary N) is 1. The van der Waals surface area contributed by atoms with E-state index in [1.165, 1.54) is 21.2 Å². The predicted octanol–water partition coefficient (Wildman–Crippen LogP) is 5.25. The molecule has 2 aromatic carbocycles. The maximum Gasteiger partial charge on any atom is 0.101 e. The molecule has 0 bridgehead atoms. The van der Waals surface area contributed by atoms with Crippen LogP contribution in [0.2, 0.25) is 0 Å². The van der Waals surface area contributed by atoms with Gasteiger partial charge in [-0.25, -0.2) is 0 Å². The van der Waals surface area contributed by atoms with Crippen LogP contribution in [0, 0.1) is 11.3 Å². The number of benzene rings is 2. The van der Waals surface area contributed by atoms with E-state index in [9.17, 15) is 5.26 Å². The molecule has 1 fully saturated rings. The summed E-state index contributed by atoms with van der Waals surface area (Å²) in [7, 11) is 0. The van der Waals surface area contributed by atoms with Gasteiger partial charge in [-0.05, 0) is 52.7 Å². The molecule has 0 atom stereocenters. The predicted molar refractivity (Wildman–Crippen MR) is 131 cm³/mol. The number of ether oxygens (including phenoxy) is 1. The van der Waals surface area contributed by atoms with Gasteiger partial charge in [-0.3, -0.25) is 9.88 Å². The third kappa shape index (κ3) is 4.51. The summed E-state index contributed by atoms with van der Waals surface area (Å²) >= 11 is 1.70. The molecule has 1 N–H and O–H groups in total. The fourth-order valence-corrected chi connectivity index (χ4v) is 5.07. The molecule has 0 amide bonds. The van der Waals surface area contributed by atoms with E-state index >= 15 is 0 Å². The van der Waals surface area contributed by atoms with Crippen LogP contribution in [0.25, 0.3) is 31.7 Å². The Morgan fingerprint density at radius 3 is 2.69 bits per heavy atom. The molecule has 160 valence electrons. The molecule has 3 heterocycles. The van der Waals surface area contributed by atoms with Crippen molar-refractivity contribution >= 4 is 27.8 Å². The molecule has 4 aromatic rings. The Balaban J connectivity index is 1.30. The Hall–Kier alpha value is -3.24. The van der Waals surface area contributed by atoms with Crippen LogP contribution in [-0.4, -0.2) is 49.3 Å². The van der Waals surface area contributed by atoms with E-state index < -0.39 is 0 Å². The van der Waals surface area contributed by atoms with Gasteiger partial charge < -0.3 is 10.1 Å². The number of thiophene rings is 1. The normalized spacial score (nSPS) is 14.3. The molecular weight excluding hydrogens is 416 g/mol. The fourth-order valence-electron chi connectivity index (χ4n) is 4.03. The molecule has 5 rings (SSSR count). The second-order valence-electron chi connectivity index (χ2n) is 7.85. The monoisotopic (exact) mass is 440 g/mol. The van der Waals surface area contributed by atoms with Gasteiger partial charge in [-0.1, -0.05) is 18.2 Å². The first-order valence-electron chi connectivity index (χ1n) is 10.8. The number of nitriles is 1. The molecule has 0 aliphatic carbocycles. The van der Waals surface area contributed by atoms with E-state index in [1.807, 2.05) is 6.07 Å². The number of hydrogen-bond donors (Lipinski definition) is 1. The molecule has 5 nitrogen and oxygen atoms in total. The first kappa shape index (κ1) is 20.7. The van der Waals surface area contributed by atoms with Crippen LogP contribution in [0.15, 0.2) is 67.0 Å². The lowest BCUT2D eigenvalue weighted by molar-refractivity contribution is 0.0398. The Bertz CT molecular complexity index is 1270. The largest absolute Gasteiger partial charge is 0.384 e. The molecule has 0 spiro atoms. The van der Waals surface area contributed by atoms with Crippen molar-refractivity contribution in [3.8, 4) is 27.0 Å². The third-order valence-corrected chi connectivity index (χ3v) is 6.97. The van der Waals surface area contributed by atoms with Crippen LogP contribution in [0.1, 0.15) is 5.56 Å². The molecule has 2 aromatic heterocycles. The van der Waals surface area contributed by atoms with Gasteiger partial charge >= 0.3 is 0 Å². The minimum absolute atomic E-state index is 0.605. The highest BCUT2D eigenvalue weighted by Gasteiger charge is 2.11. The Morgan fingerprint density at radius 2 is 1.81 bits per heavy atom. The number of pyridine rings is 1. The highest BCUT2D eigenvalue weighted by Crippen LogP contribution is 2.36. The number of anilines is 1. The summed E-state index contributed by atoms with van der Waals surface area (Å²) < 4.78 is 5.41. The number of rotatable bonds is 6. The summed E-state index contributed by atoms with van der Waals surface area (Å²) in [5, 5.41) is 15.4. The molecule has 0 radical (unpaired) electrons. The standard InChI is InChI=1S/C26H24N4OS/c27-17-22-18-28-8-7-24(22)26-6-5-25(32-26)21-2-1-20-16-23(4-3-19(20)15-21)29-9-10-30-11-13-31-14-12-30/h1-8,15-16,18,29H,9-14H2. The number of fused-ring (bicyclic) bond motifs is 1. The summed E-state index contributed by atoms with van der Waals surface area (Å²) in [6, 6.07) is 21.5. The number of hydrogen-bond acceptors (Lipinski definition) is 6. The average Bonchev–Trinajstić information content (AvgIpc) is 3.34. The van der Waals surface area contributed by atoms with Gasteiger partial charge in [0, 0.05) is 59.6 Å². The molecule has 1 saturated heterocycles. The van der Waals surface area contributed by atoms with Crippen molar-refractivity contribution in [2.24, 2.45) is 0 Å². The van der Waals surface area contributed by atoms with Crippen molar-refractivity contribution < 1.29 is 4.74 Å². The maximum atomic E-state index is 9.37. The van der Waals surface area contributed by atoms with E-state index in [-0.39, 0.29) is 0 Å². The lowest BCUT2D eigenvalue weighted by Gasteiger charge is -2.26. The van der Waals surface area contributed by atoms with Gasteiger partial charge in [-0.15, -0.1) is 11.3 Å². The first-order chi connectivity index (χ1) is 15.8. The zero-order valence-corrected chi connectivity index (χ0v) is 18.6. The van der Waals surface area contributed by atoms with E-state index in [2.05, 4.69) is 69.8 Å². The van der Waals surface area contributed by atoms with Gasteiger partial charge in [0.2, 0.25) is 0 Å². The van der Waals surface area contributed by atoms with Crippen molar-refractivity contribution in [1.82, 2.24) is 9.88 Å². The Kier molecular flexibility index (Phi) is 6.13. The third-order valence-electron chi connectivity index (χ3n) is 5.80. The number of nitrogens with zero attached hydrogens (tertiary/aromatic N) is 3. The summed E-state index contributed by atoms with van der Waals surface area (Å²) in [4.78, 5) is 8.77. The van der Waals surface area contributed by atoms with Crippen LogP contribution in [-0.2, 0) is 4.74 Å². The Labute approximate surface area is 191 Å². The summed E-state index contributed by atoms with van der Waals surface area (Å²) in [6.07, 6.45) is 3.36. The van der Waals surface area contributed by atoms with E-state index in [0.29, 0.717) is 5.56 Å². The first-order valence-corrected chi connectivity index (χ1v) is 11.6. The Morgan fingerprint density at radius 1 is 1.00 bits per heavy atom. The van der Waals surface area contributed by atoms with Crippen molar-refractivity contribution in [1.29, 1.82) is 5.26 Å². The van der Waals surface area contributed by atoms with Gasteiger partial charge in [0.05, 0.1) is 18.8 Å². The second kappa shape index (κ2) is 9.49. The smallest absolute Gasteiger partial charge is 0.101 e. The van der Waals surface area contributed by atoms with Crippen molar-refractivity contribution in [2.75, 3.05) is 44.7 Å². The topological polar surface area (TPSA) is 61.2 Å². The zero-order chi connectivity index (χ0) is 21.8. The minimum atomic E-state index is 0.605. The number of aromatic nitrogens is 1. The van der Waals surface area contributed by atoms with Crippen molar-refractivity contribution in [2.45, 2.75) is 0 Å². The number of morpholine rings is 1. The lowest BCUT2D eigenvalue weighted by Crippen LogP contribution is -2.38. The van der Waals surface area contributed by atoms with Crippen molar-refractivity contribution in [3.63, 3.8) is 0 Å². The molecular formula is C26H24N4OS. The van der Waals surface area contributed by atoms with Crippen LogP contribution in [0.3, 0.4) is 0 Å². The zero-order valence-electron chi connectivity index (χ0n) is 17.8. The lowest BCUT2D eigenvalue weighted by atomic mass is 10.1. The average molecular weight is 441 g/mol. The summed E-state index contributed by atoms with van der Waals surface area (Å²) in [5.74, 6) is 0. The quantitative estimate of drug-likeness (QED) is 0.444. The van der Waals surface area contributed by atoms with E-state index in [0.717, 1.165) is 55.5 Å². The van der Waals surface area contributed by atoms with E-state index in [4.69, 9.17) is 4.74 Å². The maximum absolute atomic E-state index is 9.37. The second-order valence-corrected chi connectivity index (χ2v) is 8.94. The van der Waals surface area contributed by atoms with Gasteiger partial charge in [0.25, 0.3) is 0 Å². The minimum Gasteiger partial charge on any atom is -0.384 e. The molecule has 32 heavy (non-hydrogen) atoms. The van der Waals surface area contributed by atoms with Crippen LogP contribution >= 0.6 is 11.3 Å². The van der Waals surface area contributed by atoms with Crippen LogP contribution < -0.4 is 5.32 Å². The fraction of sp³-hybridized carbons (Fsp3) is 0.231. The van der Waals surface area contributed by atoms with Gasteiger partial charge in [0.1, 0.15) is 6.07 Å². The highest BCUT2D eigenvalue weighted by atomic mass is 32.1. The van der Waals surface area contributed by atoms with Gasteiger partial charge in [0.15, 0.2) is 0 Å².